The van der Waals surface area contributed by atoms with Crippen molar-refractivity contribution in [1.29, 1.82) is 0 Å². The summed E-state index contributed by atoms with van der Waals surface area (Å²) in [6.07, 6.45) is 1.53. The van der Waals surface area contributed by atoms with Crippen LogP contribution in [0.25, 0.3) is 0 Å². The Balaban J connectivity index is 2.63. The SMILES string of the molecule is CCCC(C)N(C)CC(C)C(O)c1ccccc1F. The fourth-order valence-corrected chi connectivity index (χ4v) is 2.39. The van der Waals surface area contributed by atoms with Crippen molar-refractivity contribution in [2.24, 2.45) is 5.92 Å². The van der Waals surface area contributed by atoms with Gasteiger partial charge in [-0.3, -0.25) is 0 Å². The first-order valence-electron chi connectivity index (χ1n) is 7.10. The standard InChI is InChI=1S/C16H26FNO/c1-5-8-13(3)18(4)11-12(2)16(19)14-9-6-7-10-15(14)17/h6-7,9-10,12-13,16,19H,5,8,11H2,1-4H3. The topological polar surface area (TPSA) is 23.5 Å². The molecule has 0 aliphatic heterocycles. The second-order valence-electron chi connectivity index (χ2n) is 5.52. The summed E-state index contributed by atoms with van der Waals surface area (Å²) in [7, 11) is 2.06. The van der Waals surface area contributed by atoms with E-state index in [0.29, 0.717) is 11.6 Å². The summed E-state index contributed by atoms with van der Waals surface area (Å²) in [4.78, 5) is 2.23. The maximum atomic E-state index is 13.6. The molecule has 1 N–H and O–H groups in total. The van der Waals surface area contributed by atoms with E-state index in [4.69, 9.17) is 0 Å². The molecular formula is C16H26FNO. The average Bonchev–Trinajstić information content (AvgIpc) is 2.38. The molecule has 3 heteroatoms. The predicted molar refractivity (Wildman–Crippen MR) is 77.5 cm³/mol. The fraction of sp³-hybridized carbons (Fsp3) is 0.625. The lowest BCUT2D eigenvalue weighted by Crippen LogP contribution is -2.34. The van der Waals surface area contributed by atoms with Crippen molar-refractivity contribution in [3.8, 4) is 0 Å². The van der Waals surface area contributed by atoms with Gasteiger partial charge in [-0.15, -0.1) is 0 Å². The van der Waals surface area contributed by atoms with Crippen molar-refractivity contribution < 1.29 is 9.50 Å². The van der Waals surface area contributed by atoms with Crippen LogP contribution < -0.4 is 0 Å². The molecule has 0 aromatic heterocycles. The van der Waals surface area contributed by atoms with E-state index in [9.17, 15) is 9.50 Å². The number of aliphatic hydroxyl groups is 1. The third kappa shape index (κ3) is 4.59. The van der Waals surface area contributed by atoms with Gasteiger partial charge in [-0.05, 0) is 32.4 Å². The van der Waals surface area contributed by atoms with Gasteiger partial charge in [-0.2, -0.15) is 0 Å². The van der Waals surface area contributed by atoms with Crippen LogP contribution in [-0.4, -0.2) is 29.6 Å². The van der Waals surface area contributed by atoms with Gasteiger partial charge in [0.2, 0.25) is 0 Å². The minimum Gasteiger partial charge on any atom is -0.388 e. The minimum atomic E-state index is -0.752. The second-order valence-corrected chi connectivity index (χ2v) is 5.52. The zero-order valence-electron chi connectivity index (χ0n) is 12.4. The molecule has 1 rings (SSSR count). The van der Waals surface area contributed by atoms with E-state index in [-0.39, 0.29) is 11.7 Å². The molecular weight excluding hydrogens is 241 g/mol. The lowest BCUT2D eigenvalue weighted by Gasteiger charge is -2.29. The summed E-state index contributed by atoms with van der Waals surface area (Å²) in [5, 5.41) is 10.3. The number of aliphatic hydroxyl groups excluding tert-OH is 1. The van der Waals surface area contributed by atoms with Crippen molar-refractivity contribution in [2.45, 2.75) is 45.8 Å². The Kier molecular flexibility index (Phi) is 6.46. The van der Waals surface area contributed by atoms with Crippen molar-refractivity contribution in [3.05, 3.63) is 35.6 Å². The van der Waals surface area contributed by atoms with Gasteiger partial charge in [0.15, 0.2) is 0 Å². The predicted octanol–water partition coefficient (Wildman–Crippen LogP) is 3.62. The number of benzene rings is 1. The molecule has 0 saturated heterocycles. The van der Waals surface area contributed by atoms with Crippen molar-refractivity contribution in [2.75, 3.05) is 13.6 Å². The lowest BCUT2D eigenvalue weighted by molar-refractivity contribution is 0.0815. The van der Waals surface area contributed by atoms with Gasteiger partial charge in [0, 0.05) is 18.2 Å². The minimum absolute atomic E-state index is 0.00112. The first-order chi connectivity index (χ1) is 8.97. The zero-order chi connectivity index (χ0) is 14.4. The van der Waals surface area contributed by atoms with Crippen LogP contribution >= 0.6 is 0 Å². The van der Waals surface area contributed by atoms with Crippen LogP contribution in [0.5, 0.6) is 0 Å². The number of hydrogen-bond acceptors (Lipinski definition) is 2. The van der Waals surface area contributed by atoms with Crippen molar-refractivity contribution in [1.82, 2.24) is 4.90 Å². The van der Waals surface area contributed by atoms with E-state index in [1.54, 1.807) is 18.2 Å². The van der Waals surface area contributed by atoms with Crippen LogP contribution in [0.4, 0.5) is 4.39 Å². The molecule has 0 radical (unpaired) electrons. The molecule has 0 fully saturated rings. The van der Waals surface area contributed by atoms with Gasteiger partial charge in [0.25, 0.3) is 0 Å². The molecule has 0 bridgehead atoms. The molecule has 0 spiro atoms. The summed E-state index contributed by atoms with van der Waals surface area (Å²) in [6.45, 7) is 7.08. The first-order valence-corrected chi connectivity index (χ1v) is 7.10. The Morgan fingerprint density at radius 3 is 2.47 bits per heavy atom. The number of nitrogens with zero attached hydrogens (tertiary/aromatic N) is 1. The Bertz CT molecular complexity index is 383. The molecule has 108 valence electrons. The molecule has 0 aliphatic rings. The van der Waals surface area contributed by atoms with Gasteiger partial charge < -0.3 is 10.0 Å². The Morgan fingerprint density at radius 1 is 1.26 bits per heavy atom. The van der Waals surface area contributed by atoms with E-state index in [1.807, 2.05) is 6.92 Å². The highest BCUT2D eigenvalue weighted by molar-refractivity contribution is 5.20. The molecule has 2 nitrogen and oxygen atoms in total. The number of rotatable bonds is 7. The molecule has 19 heavy (non-hydrogen) atoms. The molecule has 0 amide bonds. The largest absolute Gasteiger partial charge is 0.388 e. The summed E-state index contributed by atoms with van der Waals surface area (Å²) >= 11 is 0. The van der Waals surface area contributed by atoms with Gasteiger partial charge in [0.1, 0.15) is 5.82 Å². The van der Waals surface area contributed by atoms with Crippen molar-refractivity contribution >= 4 is 0 Å². The fourth-order valence-electron chi connectivity index (χ4n) is 2.39. The van der Waals surface area contributed by atoms with E-state index < -0.39 is 6.10 Å². The molecule has 0 aliphatic carbocycles. The van der Waals surface area contributed by atoms with Gasteiger partial charge in [0.05, 0.1) is 6.10 Å². The van der Waals surface area contributed by atoms with Crippen LogP contribution in [0.3, 0.4) is 0 Å². The van der Waals surface area contributed by atoms with Crippen LogP contribution in [0, 0.1) is 11.7 Å². The third-order valence-corrected chi connectivity index (χ3v) is 3.80. The summed E-state index contributed by atoms with van der Waals surface area (Å²) < 4.78 is 13.6. The third-order valence-electron chi connectivity index (χ3n) is 3.80. The molecule has 0 saturated carbocycles. The normalized spacial score (nSPS) is 16.4. The van der Waals surface area contributed by atoms with Crippen LogP contribution in [0.2, 0.25) is 0 Å². The Hall–Kier alpha value is -0.930. The first kappa shape index (κ1) is 16.1. The smallest absolute Gasteiger partial charge is 0.129 e. The highest BCUT2D eigenvalue weighted by atomic mass is 19.1. The average molecular weight is 267 g/mol. The van der Waals surface area contributed by atoms with E-state index >= 15 is 0 Å². The van der Waals surface area contributed by atoms with Crippen molar-refractivity contribution in [3.63, 3.8) is 0 Å². The van der Waals surface area contributed by atoms with Crippen LogP contribution in [0.1, 0.15) is 45.3 Å². The highest BCUT2D eigenvalue weighted by Crippen LogP contribution is 2.25. The Labute approximate surface area is 116 Å². The molecule has 1 aromatic carbocycles. The van der Waals surface area contributed by atoms with Crippen LogP contribution in [-0.2, 0) is 0 Å². The molecule has 3 atom stereocenters. The zero-order valence-corrected chi connectivity index (χ0v) is 12.4. The second kappa shape index (κ2) is 7.61. The number of hydrogen-bond donors (Lipinski definition) is 1. The molecule has 0 heterocycles. The molecule has 3 unspecified atom stereocenters. The van der Waals surface area contributed by atoms with Gasteiger partial charge in [-0.1, -0.05) is 38.5 Å². The Morgan fingerprint density at radius 2 is 1.89 bits per heavy atom. The van der Waals surface area contributed by atoms with Gasteiger partial charge in [-0.25, -0.2) is 4.39 Å². The summed E-state index contributed by atoms with van der Waals surface area (Å²) in [5.74, 6) is -0.327. The maximum absolute atomic E-state index is 13.6. The lowest BCUT2D eigenvalue weighted by atomic mass is 9.96. The van der Waals surface area contributed by atoms with Crippen LogP contribution in [0.15, 0.2) is 24.3 Å². The summed E-state index contributed by atoms with van der Waals surface area (Å²) in [5.41, 5.74) is 0.395. The van der Waals surface area contributed by atoms with E-state index in [1.165, 1.54) is 6.07 Å². The monoisotopic (exact) mass is 267 g/mol. The quantitative estimate of drug-likeness (QED) is 0.815. The van der Waals surface area contributed by atoms with Gasteiger partial charge >= 0.3 is 0 Å². The number of halogens is 1. The highest BCUT2D eigenvalue weighted by Gasteiger charge is 2.22. The van der Waals surface area contributed by atoms with E-state index in [0.717, 1.165) is 19.4 Å². The summed E-state index contributed by atoms with van der Waals surface area (Å²) in [6, 6.07) is 6.95. The van der Waals surface area contributed by atoms with E-state index in [2.05, 4.69) is 25.8 Å². The molecule has 1 aromatic rings. The maximum Gasteiger partial charge on any atom is 0.129 e.